The van der Waals surface area contributed by atoms with Crippen LogP contribution < -0.4 is 14.8 Å². The lowest BCUT2D eigenvalue weighted by molar-refractivity contribution is 0.102. The molecule has 1 N–H and O–H groups in total. The average Bonchev–Trinajstić information content (AvgIpc) is 3.10. The number of benzene rings is 2. The van der Waals surface area contributed by atoms with Crippen molar-refractivity contribution in [2.24, 2.45) is 0 Å². The second kappa shape index (κ2) is 6.00. The van der Waals surface area contributed by atoms with Crippen molar-refractivity contribution in [1.29, 1.82) is 0 Å². The summed E-state index contributed by atoms with van der Waals surface area (Å²) >= 11 is 0. The van der Waals surface area contributed by atoms with Crippen LogP contribution in [0.4, 0.5) is 5.69 Å². The highest BCUT2D eigenvalue weighted by Crippen LogP contribution is 2.34. The molecule has 0 unspecified atom stereocenters. The molecule has 2 aromatic carbocycles. The van der Waals surface area contributed by atoms with E-state index in [1.807, 2.05) is 30.3 Å². The van der Waals surface area contributed by atoms with Gasteiger partial charge in [-0.1, -0.05) is 30.3 Å². The van der Waals surface area contributed by atoms with E-state index in [1.165, 1.54) is 0 Å². The first-order chi connectivity index (χ1) is 11.8. The number of hydrogen-bond donors (Lipinski definition) is 1. The number of aromatic nitrogens is 2. The van der Waals surface area contributed by atoms with E-state index >= 15 is 0 Å². The van der Waals surface area contributed by atoms with Gasteiger partial charge in [0.2, 0.25) is 6.79 Å². The molecule has 24 heavy (non-hydrogen) atoms. The van der Waals surface area contributed by atoms with Crippen LogP contribution in [0.15, 0.2) is 60.7 Å². The molecular formula is C18H13N3O3. The van der Waals surface area contributed by atoms with E-state index in [1.54, 1.807) is 30.3 Å². The number of carbonyl (C=O) groups excluding carboxylic acids is 1. The normalized spacial score (nSPS) is 12.0. The monoisotopic (exact) mass is 319 g/mol. The third-order valence-corrected chi connectivity index (χ3v) is 3.60. The fourth-order valence-electron chi connectivity index (χ4n) is 2.39. The number of carbonyl (C=O) groups is 1. The maximum atomic E-state index is 12.3. The van der Waals surface area contributed by atoms with Gasteiger partial charge < -0.3 is 14.8 Å². The van der Waals surface area contributed by atoms with Gasteiger partial charge in [-0.2, -0.15) is 0 Å². The minimum Gasteiger partial charge on any atom is -0.454 e. The van der Waals surface area contributed by atoms with E-state index in [2.05, 4.69) is 15.5 Å². The second-order valence-corrected chi connectivity index (χ2v) is 5.19. The van der Waals surface area contributed by atoms with Gasteiger partial charge in [0.05, 0.1) is 5.69 Å². The first-order valence-electron chi connectivity index (χ1n) is 7.40. The van der Waals surface area contributed by atoms with Crippen LogP contribution in [0.1, 0.15) is 10.5 Å². The third kappa shape index (κ3) is 2.77. The molecule has 0 aliphatic carbocycles. The summed E-state index contributed by atoms with van der Waals surface area (Å²) in [6, 6.07) is 18.3. The van der Waals surface area contributed by atoms with Gasteiger partial charge in [0, 0.05) is 17.3 Å². The van der Waals surface area contributed by atoms with Crippen molar-refractivity contribution in [3.8, 4) is 22.8 Å². The maximum Gasteiger partial charge on any atom is 0.276 e. The SMILES string of the molecule is O=C(Nc1ccc2c(c1)OCO2)c1ccc(-c2ccccc2)nn1. The van der Waals surface area contributed by atoms with E-state index in [4.69, 9.17) is 9.47 Å². The van der Waals surface area contributed by atoms with E-state index in [9.17, 15) is 4.79 Å². The van der Waals surface area contributed by atoms with Gasteiger partial charge in [-0.05, 0) is 24.3 Å². The summed E-state index contributed by atoms with van der Waals surface area (Å²) in [5.41, 5.74) is 2.52. The molecule has 3 aromatic rings. The maximum absolute atomic E-state index is 12.3. The van der Waals surface area contributed by atoms with Crippen molar-refractivity contribution in [3.05, 3.63) is 66.4 Å². The van der Waals surface area contributed by atoms with Crippen LogP contribution in [0.25, 0.3) is 11.3 Å². The van der Waals surface area contributed by atoms with E-state index in [-0.39, 0.29) is 18.4 Å². The number of rotatable bonds is 3. The summed E-state index contributed by atoms with van der Waals surface area (Å²) in [4.78, 5) is 12.3. The highest BCUT2D eigenvalue weighted by molar-refractivity contribution is 6.03. The summed E-state index contributed by atoms with van der Waals surface area (Å²) < 4.78 is 10.5. The first kappa shape index (κ1) is 14.2. The Kier molecular flexibility index (Phi) is 3.55. The standard InChI is InChI=1S/C18H13N3O3/c22-18(19-13-6-9-16-17(10-13)24-11-23-16)15-8-7-14(20-21-15)12-4-2-1-3-5-12/h1-10H,11H2,(H,19,22). The summed E-state index contributed by atoms with van der Waals surface area (Å²) in [6.45, 7) is 0.194. The average molecular weight is 319 g/mol. The molecule has 118 valence electrons. The van der Waals surface area contributed by atoms with Crippen LogP contribution in [0.3, 0.4) is 0 Å². The van der Waals surface area contributed by atoms with Crippen molar-refractivity contribution < 1.29 is 14.3 Å². The smallest absolute Gasteiger partial charge is 0.276 e. The van der Waals surface area contributed by atoms with Crippen molar-refractivity contribution in [2.45, 2.75) is 0 Å². The highest BCUT2D eigenvalue weighted by Gasteiger charge is 2.15. The van der Waals surface area contributed by atoms with Crippen molar-refractivity contribution in [3.63, 3.8) is 0 Å². The largest absolute Gasteiger partial charge is 0.454 e. The molecule has 0 saturated heterocycles. The molecule has 1 aromatic heterocycles. The zero-order valence-electron chi connectivity index (χ0n) is 12.6. The van der Waals surface area contributed by atoms with Crippen LogP contribution in [0, 0.1) is 0 Å². The molecule has 0 fully saturated rings. The number of amides is 1. The molecule has 6 heteroatoms. The van der Waals surface area contributed by atoms with E-state index in [0.717, 1.165) is 11.3 Å². The van der Waals surface area contributed by atoms with Gasteiger partial charge in [0.25, 0.3) is 5.91 Å². The zero-order valence-corrected chi connectivity index (χ0v) is 12.6. The molecular weight excluding hydrogens is 306 g/mol. The fraction of sp³-hybridized carbons (Fsp3) is 0.0556. The number of ether oxygens (including phenoxy) is 2. The second-order valence-electron chi connectivity index (χ2n) is 5.19. The molecule has 0 atom stereocenters. The number of nitrogens with zero attached hydrogens (tertiary/aromatic N) is 2. The minimum atomic E-state index is -0.332. The number of nitrogens with one attached hydrogen (secondary N) is 1. The van der Waals surface area contributed by atoms with Crippen molar-refractivity contribution >= 4 is 11.6 Å². The Morgan fingerprint density at radius 2 is 1.75 bits per heavy atom. The van der Waals surface area contributed by atoms with Gasteiger partial charge in [-0.3, -0.25) is 4.79 Å². The van der Waals surface area contributed by atoms with Crippen LogP contribution in [0.5, 0.6) is 11.5 Å². The molecule has 0 radical (unpaired) electrons. The Labute approximate surface area is 138 Å². The molecule has 1 aliphatic heterocycles. The van der Waals surface area contributed by atoms with Crippen molar-refractivity contribution in [1.82, 2.24) is 10.2 Å². The van der Waals surface area contributed by atoms with Gasteiger partial charge in [-0.25, -0.2) is 0 Å². The molecule has 4 rings (SSSR count). The molecule has 1 amide bonds. The van der Waals surface area contributed by atoms with Crippen LogP contribution in [0.2, 0.25) is 0 Å². The van der Waals surface area contributed by atoms with E-state index < -0.39 is 0 Å². The van der Waals surface area contributed by atoms with Crippen LogP contribution in [-0.4, -0.2) is 22.9 Å². The summed E-state index contributed by atoms with van der Waals surface area (Å²) in [6.07, 6.45) is 0. The molecule has 0 spiro atoms. The van der Waals surface area contributed by atoms with Gasteiger partial charge in [0.1, 0.15) is 0 Å². The number of hydrogen-bond acceptors (Lipinski definition) is 5. The van der Waals surface area contributed by atoms with Gasteiger partial charge in [-0.15, -0.1) is 10.2 Å². The summed E-state index contributed by atoms with van der Waals surface area (Å²) in [7, 11) is 0. The topological polar surface area (TPSA) is 73.3 Å². The predicted octanol–water partition coefficient (Wildman–Crippen LogP) is 3.12. The van der Waals surface area contributed by atoms with Crippen molar-refractivity contribution in [2.75, 3.05) is 12.1 Å². The number of anilines is 1. The molecule has 0 bridgehead atoms. The molecule has 1 aliphatic rings. The fourth-order valence-corrected chi connectivity index (χ4v) is 2.39. The third-order valence-electron chi connectivity index (χ3n) is 3.60. The van der Waals surface area contributed by atoms with Crippen LogP contribution in [-0.2, 0) is 0 Å². The summed E-state index contributed by atoms with van der Waals surface area (Å²) in [5, 5.41) is 10.9. The van der Waals surface area contributed by atoms with Gasteiger partial charge in [0.15, 0.2) is 17.2 Å². The van der Waals surface area contributed by atoms with E-state index in [0.29, 0.717) is 17.2 Å². The number of fused-ring (bicyclic) bond motifs is 1. The lowest BCUT2D eigenvalue weighted by Crippen LogP contribution is -2.14. The lowest BCUT2D eigenvalue weighted by Gasteiger charge is -2.06. The summed E-state index contributed by atoms with van der Waals surface area (Å²) in [5.74, 6) is 0.944. The van der Waals surface area contributed by atoms with Gasteiger partial charge >= 0.3 is 0 Å². The van der Waals surface area contributed by atoms with Crippen LogP contribution >= 0.6 is 0 Å². The first-order valence-corrected chi connectivity index (χ1v) is 7.40. The minimum absolute atomic E-state index is 0.194. The Bertz CT molecular complexity index is 880. The Morgan fingerprint density at radius 3 is 2.54 bits per heavy atom. The Balaban J connectivity index is 1.50. The molecule has 6 nitrogen and oxygen atoms in total. The predicted molar refractivity (Wildman–Crippen MR) is 88.0 cm³/mol. The molecule has 0 saturated carbocycles. The quantitative estimate of drug-likeness (QED) is 0.803. The zero-order chi connectivity index (χ0) is 16.4. The lowest BCUT2D eigenvalue weighted by atomic mass is 10.1. The highest BCUT2D eigenvalue weighted by atomic mass is 16.7. The molecule has 2 heterocycles. The Morgan fingerprint density at radius 1 is 0.917 bits per heavy atom. The Hall–Kier alpha value is -3.41.